The molecule has 4 rings (SSSR count). The summed E-state index contributed by atoms with van der Waals surface area (Å²) in [6, 6.07) is 17.9. The first-order chi connectivity index (χ1) is 14.8. The Morgan fingerprint density at radius 3 is 2.42 bits per heavy atom. The van der Waals surface area contributed by atoms with Crippen LogP contribution in [0.15, 0.2) is 76.1 Å². The number of hydrogen-bond acceptors (Lipinski definition) is 6. The molecule has 1 aromatic heterocycles. The Kier molecular flexibility index (Phi) is 5.94. The molecular weight excluding hydrogens is 502 g/mol. The number of nitrogens with one attached hydrogen (secondary N) is 2. The van der Waals surface area contributed by atoms with Crippen molar-refractivity contribution in [2.24, 2.45) is 0 Å². The van der Waals surface area contributed by atoms with Crippen molar-refractivity contribution in [1.82, 2.24) is 4.98 Å². The molecule has 0 aliphatic carbocycles. The smallest absolute Gasteiger partial charge is 0.261 e. The standard InChI is InChI=1S/C21H16BrN3O4S2/c1-29-16-7-9-17(10-8-16)31(27,28)25-15-5-2-13(3-6-15)20(26)24-21-23-18-11-4-14(22)12-19(18)30-21/h2-12,25H,1H3,(H,23,24,26). The topological polar surface area (TPSA) is 97.4 Å². The molecule has 0 aliphatic rings. The van der Waals surface area contributed by atoms with Crippen LogP contribution in [-0.4, -0.2) is 26.4 Å². The molecule has 1 amide bonds. The van der Waals surface area contributed by atoms with E-state index >= 15 is 0 Å². The van der Waals surface area contributed by atoms with Crippen molar-refractivity contribution in [2.45, 2.75) is 4.90 Å². The second kappa shape index (κ2) is 8.66. The minimum Gasteiger partial charge on any atom is -0.497 e. The van der Waals surface area contributed by atoms with Crippen LogP contribution in [0.4, 0.5) is 10.8 Å². The highest BCUT2D eigenvalue weighted by molar-refractivity contribution is 9.10. The summed E-state index contributed by atoms with van der Waals surface area (Å²) >= 11 is 4.79. The van der Waals surface area contributed by atoms with Crippen LogP contribution < -0.4 is 14.8 Å². The number of carbonyl (C=O) groups excluding carboxylic acids is 1. The number of methoxy groups -OCH3 is 1. The predicted octanol–water partition coefficient (Wildman–Crippen LogP) is 5.12. The first-order valence-corrected chi connectivity index (χ1v) is 12.1. The number of carbonyl (C=O) groups is 1. The molecule has 1 heterocycles. The van der Waals surface area contributed by atoms with Crippen molar-refractivity contribution in [3.63, 3.8) is 0 Å². The Morgan fingerprint density at radius 2 is 1.74 bits per heavy atom. The zero-order chi connectivity index (χ0) is 22.0. The second-order valence-electron chi connectivity index (χ2n) is 6.44. The molecule has 10 heteroatoms. The summed E-state index contributed by atoms with van der Waals surface area (Å²) in [5.74, 6) is 0.234. The summed E-state index contributed by atoms with van der Waals surface area (Å²) in [5, 5.41) is 3.26. The summed E-state index contributed by atoms with van der Waals surface area (Å²) < 4.78 is 34.5. The number of aromatic nitrogens is 1. The minimum atomic E-state index is -3.76. The lowest BCUT2D eigenvalue weighted by Crippen LogP contribution is -2.14. The summed E-state index contributed by atoms with van der Waals surface area (Å²) in [4.78, 5) is 17.0. The highest BCUT2D eigenvalue weighted by Gasteiger charge is 2.15. The Balaban J connectivity index is 1.45. The fraction of sp³-hybridized carbons (Fsp3) is 0.0476. The largest absolute Gasteiger partial charge is 0.497 e. The number of thiazole rings is 1. The van der Waals surface area contributed by atoms with Gasteiger partial charge in [0.1, 0.15) is 5.75 Å². The number of sulfonamides is 1. The first kappa shape index (κ1) is 21.3. The molecule has 158 valence electrons. The third kappa shape index (κ3) is 4.87. The SMILES string of the molecule is COc1ccc(S(=O)(=O)Nc2ccc(C(=O)Nc3nc4ccc(Br)cc4s3)cc2)cc1. The van der Waals surface area contributed by atoms with Gasteiger partial charge >= 0.3 is 0 Å². The molecule has 4 aromatic rings. The van der Waals surface area contributed by atoms with Gasteiger partial charge in [-0.3, -0.25) is 14.8 Å². The molecule has 0 saturated carbocycles. The number of nitrogens with zero attached hydrogens (tertiary/aromatic N) is 1. The van der Waals surface area contributed by atoms with Gasteiger partial charge in [-0.05, 0) is 66.7 Å². The molecular formula is C21H16BrN3O4S2. The number of halogens is 1. The zero-order valence-corrected chi connectivity index (χ0v) is 19.3. The third-order valence-electron chi connectivity index (χ3n) is 4.34. The molecule has 7 nitrogen and oxygen atoms in total. The fourth-order valence-electron chi connectivity index (χ4n) is 2.78. The van der Waals surface area contributed by atoms with Crippen molar-refractivity contribution >= 4 is 64.2 Å². The Hall–Kier alpha value is -2.95. The summed E-state index contributed by atoms with van der Waals surface area (Å²) in [6.07, 6.45) is 0. The van der Waals surface area contributed by atoms with E-state index in [1.165, 1.54) is 42.7 Å². The molecule has 31 heavy (non-hydrogen) atoms. The van der Waals surface area contributed by atoms with Crippen LogP contribution in [0.3, 0.4) is 0 Å². The Labute approximate surface area is 191 Å². The highest BCUT2D eigenvalue weighted by Crippen LogP contribution is 2.29. The van der Waals surface area contributed by atoms with Gasteiger partial charge in [0, 0.05) is 15.7 Å². The molecule has 0 unspecified atom stereocenters. The van der Waals surface area contributed by atoms with E-state index in [4.69, 9.17) is 4.74 Å². The van der Waals surface area contributed by atoms with Gasteiger partial charge < -0.3 is 4.74 Å². The van der Waals surface area contributed by atoms with Crippen molar-refractivity contribution in [3.05, 3.63) is 76.8 Å². The van der Waals surface area contributed by atoms with E-state index in [0.717, 1.165) is 14.7 Å². The van der Waals surface area contributed by atoms with Gasteiger partial charge in [0.25, 0.3) is 15.9 Å². The lowest BCUT2D eigenvalue weighted by atomic mass is 10.2. The Bertz CT molecular complexity index is 1350. The molecule has 0 atom stereocenters. The molecule has 0 bridgehead atoms. The molecule has 2 N–H and O–H groups in total. The Morgan fingerprint density at radius 1 is 1.03 bits per heavy atom. The number of rotatable bonds is 6. The monoisotopic (exact) mass is 517 g/mol. The van der Waals surface area contributed by atoms with E-state index in [9.17, 15) is 13.2 Å². The molecule has 0 spiro atoms. The van der Waals surface area contributed by atoms with Crippen LogP contribution in [0.25, 0.3) is 10.2 Å². The number of amides is 1. The first-order valence-electron chi connectivity index (χ1n) is 8.98. The second-order valence-corrected chi connectivity index (χ2v) is 10.1. The average molecular weight is 518 g/mol. The zero-order valence-electron chi connectivity index (χ0n) is 16.1. The van der Waals surface area contributed by atoms with Crippen LogP contribution in [0.2, 0.25) is 0 Å². The minimum absolute atomic E-state index is 0.109. The number of ether oxygens (including phenoxy) is 1. The molecule has 0 aliphatic heterocycles. The van der Waals surface area contributed by atoms with E-state index in [1.807, 2.05) is 18.2 Å². The molecule has 0 radical (unpaired) electrons. The molecule has 0 saturated heterocycles. The van der Waals surface area contributed by atoms with Crippen molar-refractivity contribution in [2.75, 3.05) is 17.1 Å². The number of hydrogen-bond donors (Lipinski definition) is 2. The van der Waals surface area contributed by atoms with Crippen molar-refractivity contribution in [3.8, 4) is 5.75 Å². The van der Waals surface area contributed by atoms with E-state index in [0.29, 0.717) is 22.1 Å². The predicted molar refractivity (Wildman–Crippen MR) is 126 cm³/mol. The van der Waals surface area contributed by atoms with Crippen molar-refractivity contribution < 1.29 is 17.9 Å². The molecule has 3 aromatic carbocycles. The van der Waals surface area contributed by atoms with Gasteiger partial charge in [-0.25, -0.2) is 13.4 Å². The van der Waals surface area contributed by atoms with Gasteiger partial charge in [0.05, 0.1) is 22.2 Å². The summed E-state index contributed by atoms with van der Waals surface area (Å²) in [5.41, 5.74) is 1.52. The summed E-state index contributed by atoms with van der Waals surface area (Å²) in [6.45, 7) is 0. The maximum Gasteiger partial charge on any atom is 0.261 e. The third-order valence-corrected chi connectivity index (χ3v) is 7.16. The van der Waals surface area contributed by atoms with Gasteiger partial charge in [-0.2, -0.15) is 0 Å². The highest BCUT2D eigenvalue weighted by atomic mass is 79.9. The van der Waals surface area contributed by atoms with E-state index in [2.05, 4.69) is 31.0 Å². The quantitative estimate of drug-likeness (QED) is 0.369. The van der Waals surface area contributed by atoms with E-state index < -0.39 is 10.0 Å². The maximum atomic E-state index is 12.5. The van der Waals surface area contributed by atoms with Gasteiger partial charge in [0.15, 0.2) is 5.13 Å². The van der Waals surface area contributed by atoms with Gasteiger partial charge in [-0.15, -0.1) is 0 Å². The van der Waals surface area contributed by atoms with Crippen LogP contribution >= 0.6 is 27.3 Å². The van der Waals surface area contributed by atoms with Crippen LogP contribution in [-0.2, 0) is 10.0 Å². The normalized spacial score (nSPS) is 11.3. The van der Waals surface area contributed by atoms with Crippen molar-refractivity contribution in [1.29, 1.82) is 0 Å². The van der Waals surface area contributed by atoms with Crippen LogP contribution in [0.5, 0.6) is 5.75 Å². The van der Waals surface area contributed by atoms with Crippen LogP contribution in [0, 0.1) is 0 Å². The maximum absolute atomic E-state index is 12.5. The fourth-order valence-corrected chi connectivity index (χ4v) is 5.25. The van der Waals surface area contributed by atoms with Gasteiger partial charge in [-0.1, -0.05) is 27.3 Å². The lowest BCUT2D eigenvalue weighted by molar-refractivity contribution is 0.102. The summed E-state index contributed by atoms with van der Waals surface area (Å²) in [7, 11) is -2.25. The number of fused-ring (bicyclic) bond motifs is 1. The van der Waals surface area contributed by atoms with Crippen LogP contribution in [0.1, 0.15) is 10.4 Å². The van der Waals surface area contributed by atoms with E-state index in [1.54, 1.807) is 24.3 Å². The number of benzene rings is 3. The number of anilines is 2. The molecule has 0 fully saturated rings. The van der Waals surface area contributed by atoms with Gasteiger partial charge in [0.2, 0.25) is 0 Å². The average Bonchev–Trinajstić information content (AvgIpc) is 3.15. The van der Waals surface area contributed by atoms with E-state index in [-0.39, 0.29) is 10.8 Å². The lowest BCUT2D eigenvalue weighted by Gasteiger charge is -2.09.